The molecule has 7 heteroatoms. The van der Waals surface area contributed by atoms with Crippen molar-refractivity contribution < 1.29 is 18.7 Å². The van der Waals surface area contributed by atoms with E-state index in [0.717, 1.165) is 0 Å². The summed E-state index contributed by atoms with van der Waals surface area (Å²) in [5.41, 5.74) is 0.573. The molecule has 1 fully saturated rings. The standard InChI is InChI=1S/C17H14ClFN2O3/c18-11-4-3-5-12(8-11)21-10-13(24-17(21)23)9-20-16(22)14-6-1-2-7-15(14)19/h1-8,13H,9-10H2,(H,20,22). The van der Waals surface area contributed by atoms with Gasteiger partial charge in [0.15, 0.2) is 0 Å². The Morgan fingerprint density at radius 2 is 2.08 bits per heavy atom. The number of hydrogen-bond acceptors (Lipinski definition) is 3. The fourth-order valence-electron chi connectivity index (χ4n) is 2.43. The largest absolute Gasteiger partial charge is 0.442 e. The van der Waals surface area contributed by atoms with Gasteiger partial charge in [0, 0.05) is 10.7 Å². The van der Waals surface area contributed by atoms with Crippen LogP contribution in [-0.4, -0.2) is 31.2 Å². The molecular weight excluding hydrogens is 335 g/mol. The number of nitrogens with one attached hydrogen (secondary N) is 1. The molecule has 1 aliphatic heterocycles. The van der Waals surface area contributed by atoms with E-state index in [4.69, 9.17) is 16.3 Å². The Labute approximate surface area is 143 Å². The highest BCUT2D eigenvalue weighted by Gasteiger charge is 2.32. The molecule has 124 valence electrons. The van der Waals surface area contributed by atoms with E-state index in [1.54, 1.807) is 30.3 Å². The van der Waals surface area contributed by atoms with Crippen LogP contribution in [0.4, 0.5) is 14.9 Å². The van der Waals surface area contributed by atoms with Gasteiger partial charge in [-0.15, -0.1) is 0 Å². The summed E-state index contributed by atoms with van der Waals surface area (Å²) in [6.45, 7) is 0.368. The molecule has 2 amide bonds. The van der Waals surface area contributed by atoms with Crippen molar-refractivity contribution in [3.8, 4) is 0 Å². The summed E-state index contributed by atoms with van der Waals surface area (Å²) in [6, 6.07) is 12.5. The van der Waals surface area contributed by atoms with Crippen LogP contribution in [0.3, 0.4) is 0 Å². The van der Waals surface area contributed by atoms with Gasteiger partial charge in [0.2, 0.25) is 0 Å². The molecule has 1 unspecified atom stereocenters. The Morgan fingerprint density at radius 1 is 1.29 bits per heavy atom. The minimum absolute atomic E-state index is 0.0477. The number of nitrogens with zero attached hydrogens (tertiary/aromatic N) is 1. The Hall–Kier alpha value is -2.60. The van der Waals surface area contributed by atoms with Gasteiger partial charge in [-0.2, -0.15) is 0 Å². The maximum atomic E-state index is 13.6. The number of amides is 2. The van der Waals surface area contributed by atoms with Crippen LogP contribution in [0.5, 0.6) is 0 Å². The van der Waals surface area contributed by atoms with Gasteiger partial charge in [-0.25, -0.2) is 9.18 Å². The van der Waals surface area contributed by atoms with Gasteiger partial charge < -0.3 is 10.1 Å². The fourth-order valence-corrected chi connectivity index (χ4v) is 2.61. The van der Waals surface area contributed by atoms with Gasteiger partial charge in [-0.1, -0.05) is 29.8 Å². The number of benzene rings is 2. The minimum Gasteiger partial charge on any atom is -0.442 e. The zero-order valence-corrected chi connectivity index (χ0v) is 13.3. The molecule has 2 aromatic carbocycles. The third-order valence-electron chi connectivity index (χ3n) is 3.60. The number of carbonyl (C=O) groups excluding carboxylic acids is 2. The summed E-state index contributed by atoms with van der Waals surface area (Å²) in [4.78, 5) is 25.4. The zero-order chi connectivity index (χ0) is 17.1. The van der Waals surface area contributed by atoms with Gasteiger partial charge in [-0.05, 0) is 30.3 Å². The van der Waals surface area contributed by atoms with Crippen molar-refractivity contribution >= 4 is 29.3 Å². The van der Waals surface area contributed by atoms with Crippen LogP contribution in [0.2, 0.25) is 5.02 Å². The smallest absolute Gasteiger partial charge is 0.414 e. The number of rotatable bonds is 4. The molecule has 5 nitrogen and oxygen atoms in total. The Balaban J connectivity index is 1.61. The lowest BCUT2D eigenvalue weighted by Gasteiger charge is -2.13. The molecular formula is C17H14ClFN2O3. The van der Waals surface area contributed by atoms with Gasteiger partial charge >= 0.3 is 6.09 Å². The van der Waals surface area contributed by atoms with E-state index in [1.165, 1.54) is 23.1 Å². The molecule has 1 N–H and O–H groups in total. The van der Waals surface area contributed by atoms with Gasteiger partial charge in [-0.3, -0.25) is 9.69 Å². The number of carbonyl (C=O) groups is 2. The topological polar surface area (TPSA) is 58.6 Å². The predicted octanol–water partition coefficient (Wildman–Crippen LogP) is 3.23. The summed E-state index contributed by atoms with van der Waals surface area (Å²) in [6.07, 6.45) is -1.03. The van der Waals surface area contributed by atoms with E-state index >= 15 is 0 Å². The first-order chi connectivity index (χ1) is 11.5. The van der Waals surface area contributed by atoms with Gasteiger partial charge in [0.1, 0.15) is 11.9 Å². The number of hydrogen-bond donors (Lipinski definition) is 1. The van der Waals surface area contributed by atoms with Gasteiger partial charge in [0.05, 0.1) is 18.7 Å². The van der Waals surface area contributed by atoms with Crippen molar-refractivity contribution in [1.29, 1.82) is 0 Å². The molecule has 0 bridgehead atoms. The molecule has 0 saturated carbocycles. The molecule has 3 rings (SSSR count). The lowest BCUT2D eigenvalue weighted by atomic mass is 10.2. The first kappa shape index (κ1) is 16.3. The maximum absolute atomic E-state index is 13.6. The third kappa shape index (κ3) is 3.49. The average Bonchev–Trinajstić information content (AvgIpc) is 2.94. The van der Waals surface area contributed by atoms with Crippen LogP contribution >= 0.6 is 11.6 Å². The summed E-state index contributed by atoms with van der Waals surface area (Å²) >= 11 is 5.92. The van der Waals surface area contributed by atoms with Crippen LogP contribution in [-0.2, 0) is 4.74 Å². The second kappa shape index (κ2) is 6.88. The SMILES string of the molecule is O=C(NCC1CN(c2cccc(Cl)c2)C(=O)O1)c1ccccc1F. The zero-order valence-electron chi connectivity index (χ0n) is 12.5. The Bertz CT molecular complexity index is 784. The van der Waals surface area contributed by atoms with Crippen molar-refractivity contribution in [2.24, 2.45) is 0 Å². The molecule has 1 aliphatic rings. The lowest BCUT2D eigenvalue weighted by molar-refractivity contribution is 0.0912. The van der Waals surface area contributed by atoms with Crippen LogP contribution in [0.15, 0.2) is 48.5 Å². The second-order valence-corrected chi connectivity index (χ2v) is 5.72. The fraction of sp³-hybridized carbons (Fsp3) is 0.176. The molecule has 0 aromatic heterocycles. The van der Waals surface area contributed by atoms with E-state index in [1.807, 2.05) is 0 Å². The predicted molar refractivity (Wildman–Crippen MR) is 87.8 cm³/mol. The third-order valence-corrected chi connectivity index (χ3v) is 3.84. The van der Waals surface area contributed by atoms with Crippen molar-refractivity contribution in [1.82, 2.24) is 5.32 Å². The van der Waals surface area contributed by atoms with Crippen LogP contribution in [0.25, 0.3) is 0 Å². The average molecular weight is 349 g/mol. The van der Waals surface area contributed by atoms with Crippen molar-refractivity contribution in [2.45, 2.75) is 6.10 Å². The van der Waals surface area contributed by atoms with Crippen molar-refractivity contribution in [3.63, 3.8) is 0 Å². The van der Waals surface area contributed by atoms with E-state index < -0.39 is 23.9 Å². The summed E-state index contributed by atoms with van der Waals surface area (Å²) in [5.74, 6) is -1.15. The minimum atomic E-state index is -0.598. The van der Waals surface area contributed by atoms with E-state index in [-0.39, 0.29) is 18.7 Å². The van der Waals surface area contributed by atoms with Gasteiger partial charge in [0.25, 0.3) is 5.91 Å². The highest BCUT2D eigenvalue weighted by molar-refractivity contribution is 6.30. The number of halogens is 2. The molecule has 0 radical (unpaired) electrons. The summed E-state index contributed by atoms with van der Waals surface area (Å²) in [5, 5.41) is 3.09. The number of cyclic esters (lactones) is 1. The Kier molecular flexibility index (Phi) is 4.66. The molecule has 1 saturated heterocycles. The monoisotopic (exact) mass is 348 g/mol. The molecule has 1 atom stereocenters. The van der Waals surface area contributed by atoms with Crippen LogP contribution in [0.1, 0.15) is 10.4 Å². The highest BCUT2D eigenvalue weighted by atomic mass is 35.5. The first-order valence-corrected chi connectivity index (χ1v) is 7.69. The quantitative estimate of drug-likeness (QED) is 0.922. The normalized spacial score (nSPS) is 16.8. The second-order valence-electron chi connectivity index (χ2n) is 5.29. The molecule has 2 aromatic rings. The summed E-state index contributed by atoms with van der Waals surface area (Å²) < 4.78 is 18.8. The van der Waals surface area contributed by atoms with E-state index in [0.29, 0.717) is 10.7 Å². The van der Waals surface area contributed by atoms with E-state index in [9.17, 15) is 14.0 Å². The molecule has 24 heavy (non-hydrogen) atoms. The summed E-state index contributed by atoms with van der Waals surface area (Å²) in [7, 11) is 0. The van der Waals surface area contributed by atoms with Crippen molar-refractivity contribution in [2.75, 3.05) is 18.0 Å². The van der Waals surface area contributed by atoms with Crippen LogP contribution < -0.4 is 10.2 Å². The van der Waals surface area contributed by atoms with Crippen LogP contribution in [0, 0.1) is 5.82 Å². The number of ether oxygens (including phenoxy) is 1. The highest BCUT2D eigenvalue weighted by Crippen LogP contribution is 2.24. The first-order valence-electron chi connectivity index (χ1n) is 7.31. The molecule has 1 heterocycles. The van der Waals surface area contributed by atoms with E-state index in [2.05, 4.69) is 5.32 Å². The molecule has 0 spiro atoms. The Morgan fingerprint density at radius 3 is 2.83 bits per heavy atom. The maximum Gasteiger partial charge on any atom is 0.414 e. The lowest BCUT2D eigenvalue weighted by Crippen LogP contribution is -2.35. The van der Waals surface area contributed by atoms with Crippen molar-refractivity contribution in [3.05, 3.63) is 64.9 Å². The number of anilines is 1. The molecule has 0 aliphatic carbocycles.